The van der Waals surface area contributed by atoms with E-state index in [-0.39, 0.29) is 32.5 Å². The Hall–Kier alpha value is -0.720. The summed E-state index contributed by atoms with van der Waals surface area (Å²) in [6, 6.07) is 0.0992. The Bertz CT molecular complexity index is 124. The molecule has 1 atom stereocenters. The number of allylic oxidation sites excluding steroid dienone is 2. The molecule has 0 radical (unpaired) electrons. The van der Waals surface area contributed by atoms with Crippen LogP contribution in [0.3, 0.4) is 0 Å². The first kappa shape index (κ1) is 26.0. The number of hydrogen-bond acceptors (Lipinski definition) is 5. The predicted octanol–water partition coefficient (Wildman–Crippen LogP) is 0.305. The first-order valence-corrected chi connectivity index (χ1v) is 5.86. The summed E-state index contributed by atoms with van der Waals surface area (Å²) in [5.41, 5.74) is 0. The van der Waals surface area contributed by atoms with Gasteiger partial charge < -0.3 is 25.7 Å². The third-order valence-corrected chi connectivity index (χ3v) is 0.978. The van der Waals surface area contributed by atoms with Crippen LogP contribution in [0.5, 0.6) is 0 Å². The van der Waals surface area contributed by atoms with Crippen LogP contribution in [0.2, 0.25) is 0 Å². The maximum absolute atomic E-state index is 8.42. The van der Waals surface area contributed by atoms with Gasteiger partial charge in [-0.3, -0.25) is 0 Å². The molecule has 5 nitrogen and oxygen atoms in total. The fraction of sp³-hybridized carbons (Fsp3) is 0.692. The second-order valence-corrected chi connectivity index (χ2v) is 3.03. The van der Waals surface area contributed by atoms with E-state index in [0.29, 0.717) is 6.54 Å². The van der Waals surface area contributed by atoms with E-state index in [1.807, 2.05) is 20.8 Å². The molecule has 0 amide bonds. The quantitative estimate of drug-likeness (QED) is 0.461. The van der Waals surface area contributed by atoms with Crippen LogP contribution >= 0.6 is 0 Å². The summed E-state index contributed by atoms with van der Waals surface area (Å²) in [7, 11) is 0. The minimum absolute atomic E-state index is 0.0992. The summed E-state index contributed by atoms with van der Waals surface area (Å²) in [5.74, 6) is 0. The van der Waals surface area contributed by atoms with Gasteiger partial charge in [0.05, 0.1) is 26.4 Å². The largest absolute Gasteiger partial charge is 0.395 e. The van der Waals surface area contributed by atoms with Gasteiger partial charge in [0, 0.05) is 12.6 Å². The first-order chi connectivity index (χ1) is 8.55. The van der Waals surface area contributed by atoms with E-state index in [9.17, 15) is 0 Å². The molecule has 0 saturated heterocycles. The molecule has 0 aromatic carbocycles. The van der Waals surface area contributed by atoms with Crippen molar-refractivity contribution in [1.29, 1.82) is 0 Å². The summed E-state index contributed by atoms with van der Waals surface area (Å²) in [6.07, 6.45) is 3.50. The van der Waals surface area contributed by atoms with E-state index >= 15 is 0 Å². The molecule has 0 aromatic heterocycles. The number of rotatable bonds is 5. The van der Waals surface area contributed by atoms with E-state index in [0.717, 1.165) is 0 Å². The highest BCUT2D eigenvalue weighted by atomic mass is 16.3. The van der Waals surface area contributed by atoms with Crippen molar-refractivity contribution >= 4 is 0 Å². The Labute approximate surface area is 111 Å². The summed E-state index contributed by atoms with van der Waals surface area (Å²) < 4.78 is 0. The van der Waals surface area contributed by atoms with Gasteiger partial charge in [-0.15, -0.1) is 13.2 Å². The Morgan fingerprint density at radius 2 is 1.28 bits per heavy atom. The molecule has 0 aliphatic heterocycles. The first-order valence-electron chi connectivity index (χ1n) is 5.86. The Morgan fingerprint density at radius 3 is 1.44 bits per heavy atom. The molecule has 0 aromatic rings. The Morgan fingerprint density at radius 1 is 0.944 bits per heavy atom. The van der Waals surface area contributed by atoms with Gasteiger partial charge >= 0.3 is 0 Å². The van der Waals surface area contributed by atoms with Crippen LogP contribution in [-0.2, 0) is 0 Å². The predicted molar refractivity (Wildman–Crippen MR) is 77.5 cm³/mol. The highest BCUT2D eigenvalue weighted by molar-refractivity contribution is 4.55. The fourth-order valence-electron chi connectivity index (χ4n) is 0.375. The van der Waals surface area contributed by atoms with Crippen molar-refractivity contribution in [1.82, 2.24) is 5.32 Å². The molecule has 5 heteroatoms. The molecule has 0 saturated carbocycles. The summed E-state index contributed by atoms with van der Waals surface area (Å²) in [4.78, 5) is 0. The lowest BCUT2D eigenvalue weighted by molar-refractivity contribution is 0.186. The zero-order valence-corrected chi connectivity index (χ0v) is 12.0. The van der Waals surface area contributed by atoms with Crippen molar-refractivity contribution in [2.24, 2.45) is 0 Å². The van der Waals surface area contributed by atoms with Crippen LogP contribution in [0.25, 0.3) is 0 Å². The molecule has 0 aliphatic rings. The molecular formula is C13H31NO4. The minimum Gasteiger partial charge on any atom is -0.395 e. The smallest absolute Gasteiger partial charge is 0.0662 e. The fourth-order valence-corrected chi connectivity index (χ4v) is 0.375. The molecule has 0 bridgehead atoms. The maximum Gasteiger partial charge on any atom is 0.0662 e. The third-order valence-electron chi connectivity index (χ3n) is 0.978. The summed E-state index contributed by atoms with van der Waals surface area (Å²) in [6.45, 7) is 12.9. The highest BCUT2D eigenvalue weighted by Gasteiger charge is 1.93. The van der Waals surface area contributed by atoms with Gasteiger partial charge in [0.15, 0.2) is 0 Å². The normalized spacial score (nSPS) is 9.28. The molecule has 0 rings (SSSR count). The Kier molecular flexibility index (Phi) is 51.9. The molecule has 0 spiro atoms. The summed E-state index contributed by atoms with van der Waals surface area (Å²) >= 11 is 0. The van der Waals surface area contributed by atoms with Gasteiger partial charge in [-0.2, -0.15) is 0 Å². The SMILES string of the molecule is C=CC.C=CC.CC(CO)NCCO.OCCO. The summed E-state index contributed by atoms with van der Waals surface area (Å²) in [5, 5.41) is 34.8. The molecule has 18 heavy (non-hydrogen) atoms. The lowest BCUT2D eigenvalue weighted by Crippen LogP contribution is -2.31. The third kappa shape index (κ3) is 79.0. The zero-order valence-electron chi connectivity index (χ0n) is 12.0. The van der Waals surface area contributed by atoms with E-state index in [2.05, 4.69) is 18.5 Å². The molecular weight excluding hydrogens is 234 g/mol. The average Bonchev–Trinajstić information content (AvgIpc) is 2.38. The minimum atomic E-state index is -0.125. The second-order valence-electron chi connectivity index (χ2n) is 3.03. The lowest BCUT2D eigenvalue weighted by Gasteiger charge is -2.07. The molecule has 112 valence electrons. The highest BCUT2D eigenvalue weighted by Crippen LogP contribution is 1.74. The van der Waals surface area contributed by atoms with Gasteiger partial charge in [0.25, 0.3) is 0 Å². The van der Waals surface area contributed by atoms with Crippen molar-refractivity contribution in [3.63, 3.8) is 0 Å². The van der Waals surface area contributed by atoms with Gasteiger partial charge in [0.1, 0.15) is 0 Å². The molecule has 1 unspecified atom stereocenters. The number of aliphatic hydroxyl groups is 4. The average molecular weight is 265 g/mol. The van der Waals surface area contributed by atoms with E-state index in [1.165, 1.54) is 0 Å². The maximum atomic E-state index is 8.42. The van der Waals surface area contributed by atoms with Gasteiger partial charge in [-0.05, 0) is 20.8 Å². The van der Waals surface area contributed by atoms with Crippen LogP contribution in [0.4, 0.5) is 0 Å². The van der Waals surface area contributed by atoms with Crippen molar-refractivity contribution in [3.8, 4) is 0 Å². The molecule has 5 N–H and O–H groups in total. The molecule has 0 aliphatic carbocycles. The monoisotopic (exact) mass is 265 g/mol. The van der Waals surface area contributed by atoms with Crippen LogP contribution in [0.1, 0.15) is 20.8 Å². The molecule has 0 fully saturated rings. The van der Waals surface area contributed by atoms with Gasteiger partial charge in [-0.25, -0.2) is 0 Å². The van der Waals surface area contributed by atoms with Crippen molar-refractivity contribution in [3.05, 3.63) is 25.3 Å². The van der Waals surface area contributed by atoms with E-state index in [1.54, 1.807) is 12.2 Å². The topological polar surface area (TPSA) is 93.0 Å². The van der Waals surface area contributed by atoms with Crippen LogP contribution in [-0.4, -0.2) is 59.4 Å². The van der Waals surface area contributed by atoms with Crippen LogP contribution < -0.4 is 5.32 Å². The zero-order chi connectivity index (χ0) is 15.2. The van der Waals surface area contributed by atoms with E-state index in [4.69, 9.17) is 20.4 Å². The van der Waals surface area contributed by atoms with Crippen molar-refractivity contribution < 1.29 is 20.4 Å². The van der Waals surface area contributed by atoms with Crippen LogP contribution in [0.15, 0.2) is 25.3 Å². The number of hydrogen-bond donors (Lipinski definition) is 5. The second kappa shape index (κ2) is 36.0. The van der Waals surface area contributed by atoms with E-state index < -0.39 is 0 Å². The van der Waals surface area contributed by atoms with Gasteiger partial charge in [-0.1, -0.05) is 12.2 Å². The number of aliphatic hydroxyl groups excluding tert-OH is 4. The lowest BCUT2D eigenvalue weighted by atomic mass is 10.4. The van der Waals surface area contributed by atoms with Crippen molar-refractivity contribution in [2.45, 2.75) is 26.8 Å². The Balaban J connectivity index is -0.0000000827. The van der Waals surface area contributed by atoms with Crippen molar-refractivity contribution in [2.75, 3.05) is 33.0 Å². The number of nitrogens with one attached hydrogen (secondary N) is 1. The van der Waals surface area contributed by atoms with Gasteiger partial charge in [0.2, 0.25) is 0 Å². The standard InChI is InChI=1S/C5H13NO2.2C3H6.C2H6O2/c1-5(4-8)6-2-3-7;2*1-3-2;3-1-2-4/h5-8H,2-4H2,1H3;2*3H,1H2,2H3;3-4H,1-2H2. The molecule has 0 heterocycles. The van der Waals surface area contributed by atoms with Crippen LogP contribution in [0, 0.1) is 0 Å².